The third kappa shape index (κ3) is 1.18. The number of hydrogen-bond acceptors (Lipinski definition) is 3. The van der Waals surface area contributed by atoms with Crippen LogP contribution in [-0.4, -0.2) is 16.9 Å². The number of carboxylic acid groups (broad SMARTS) is 1. The highest BCUT2D eigenvalue weighted by Gasteiger charge is 2.57. The Bertz CT molecular complexity index is 349. The van der Waals surface area contributed by atoms with E-state index in [-0.39, 0.29) is 5.78 Å². The van der Waals surface area contributed by atoms with E-state index in [4.69, 9.17) is 5.11 Å². The van der Waals surface area contributed by atoms with E-state index in [9.17, 15) is 9.59 Å². The van der Waals surface area contributed by atoms with Crippen LogP contribution in [-0.2, 0) is 4.79 Å². The number of carbonyl (C=O) groups is 2. The Morgan fingerprint density at radius 1 is 1.46 bits per heavy atom. The van der Waals surface area contributed by atoms with Crippen molar-refractivity contribution < 1.29 is 14.7 Å². The van der Waals surface area contributed by atoms with Crippen molar-refractivity contribution >= 4 is 23.1 Å². The van der Waals surface area contributed by atoms with Crippen LogP contribution >= 0.6 is 11.3 Å². The maximum Gasteiger partial charge on any atom is 0.317 e. The van der Waals surface area contributed by atoms with Crippen LogP contribution in [0.1, 0.15) is 22.5 Å². The molecule has 0 saturated heterocycles. The maximum atomic E-state index is 11.7. The fourth-order valence-corrected chi connectivity index (χ4v) is 2.07. The van der Waals surface area contributed by atoms with Crippen LogP contribution in [0.2, 0.25) is 0 Å². The molecule has 0 radical (unpaired) electrons. The summed E-state index contributed by atoms with van der Waals surface area (Å²) in [6.45, 7) is 0. The van der Waals surface area contributed by atoms with Crippen LogP contribution in [0.25, 0.3) is 0 Å². The number of Topliss-reactive ketones (excluding diaryl/α,β-unsaturated/α-hetero) is 1. The number of ketones is 1. The van der Waals surface area contributed by atoms with Gasteiger partial charge in [-0.1, -0.05) is 6.07 Å². The van der Waals surface area contributed by atoms with E-state index in [2.05, 4.69) is 0 Å². The molecular formula is C9H8O3S. The van der Waals surface area contributed by atoms with Crippen LogP contribution in [0.3, 0.4) is 0 Å². The Labute approximate surface area is 79.0 Å². The second kappa shape index (κ2) is 2.67. The minimum atomic E-state index is -1.08. The third-order valence-electron chi connectivity index (χ3n) is 2.34. The van der Waals surface area contributed by atoms with Crippen molar-refractivity contribution in [2.45, 2.75) is 12.8 Å². The van der Waals surface area contributed by atoms with Crippen LogP contribution in [0.15, 0.2) is 17.5 Å². The molecule has 13 heavy (non-hydrogen) atoms. The molecule has 1 heterocycles. The first-order chi connectivity index (χ1) is 6.17. The number of thiophene rings is 1. The smallest absolute Gasteiger partial charge is 0.317 e. The number of rotatable bonds is 3. The van der Waals surface area contributed by atoms with Gasteiger partial charge in [-0.25, -0.2) is 0 Å². The molecular weight excluding hydrogens is 188 g/mol. The maximum absolute atomic E-state index is 11.7. The van der Waals surface area contributed by atoms with Gasteiger partial charge in [-0.05, 0) is 24.3 Å². The lowest BCUT2D eigenvalue weighted by atomic mass is 10.0. The van der Waals surface area contributed by atoms with E-state index >= 15 is 0 Å². The van der Waals surface area contributed by atoms with Gasteiger partial charge >= 0.3 is 5.97 Å². The molecule has 68 valence electrons. The molecule has 3 nitrogen and oxygen atoms in total. The summed E-state index contributed by atoms with van der Waals surface area (Å²) >= 11 is 1.30. The molecule has 1 aromatic heterocycles. The zero-order valence-corrected chi connectivity index (χ0v) is 7.63. The Morgan fingerprint density at radius 2 is 2.15 bits per heavy atom. The molecule has 4 heteroatoms. The van der Waals surface area contributed by atoms with Gasteiger partial charge < -0.3 is 5.11 Å². The molecule has 0 unspecified atom stereocenters. The second-order valence-corrected chi connectivity index (χ2v) is 4.14. The predicted molar refractivity (Wildman–Crippen MR) is 48.0 cm³/mol. The van der Waals surface area contributed by atoms with E-state index in [1.165, 1.54) is 11.3 Å². The van der Waals surface area contributed by atoms with Crippen molar-refractivity contribution in [3.8, 4) is 0 Å². The second-order valence-electron chi connectivity index (χ2n) is 3.19. The van der Waals surface area contributed by atoms with Crippen molar-refractivity contribution in [1.82, 2.24) is 0 Å². The lowest BCUT2D eigenvalue weighted by Crippen LogP contribution is -2.24. The molecule has 0 spiro atoms. The molecule has 1 fully saturated rings. The summed E-state index contributed by atoms with van der Waals surface area (Å²) in [5, 5.41) is 10.6. The van der Waals surface area contributed by atoms with Crippen molar-refractivity contribution in [2.24, 2.45) is 5.41 Å². The number of carbonyl (C=O) groups excluding carboxylic acids is 1. The van der Waals surface area contributed by atoms with Crippen LogP contribution in [0.4, 0.5) is 0 Å². The zero-order valence-electron chi connectivity index (χ0n) is 6.82. The predicted octanol–water partition coefficient (Wildman–Crippen LogP) is 1.80. The molecule has 0 bridgehead atoms. The van der Waals surface area contributed by atoms with E-state index in [1.807, 2.05) is 0 Å². The first-order valence-corrected chi connectivity index (χ1v) is 4.86. The Morgan fingerprint density at radius 3 is 2.54 bits per heavy atom. The number of aliphatic carboxylic acids is 1. The van der Waals surface area contributed by atoms with Gasteiger partial charge in [0.05, 0.1) is 4.88 Å². The first-order valence-electron chi connectivity index (χ1n) is 3.98. The molecule has 0 aromatic carbocycles. The highest BCUT2D eigenvalue weighted by atomic mass is 32.1. The molecule has 1 aromatic rings. The average molecular weight is 196 g/mol. The van der Waals surface area contributed by atoms with Gasteiger partial charge in [0.1, 0.15) is 5.41 Å². The van der Waals surface area contributed by atoms with Gasteiger partial charge in [0.25, 0.3) is 0 Å². The summed E-state index contributed by atoms with van der Waals surface area (Å²) in [7, 11) is 0. The van der Waals surface area contributed by atoms with Gasteiger partial charge in [-0.3, -0.25) is 9.59 Å². The summed E-state index contributed by atoms with van der Waals surface area (Å²) in [4.78, 5) is 23.0. The Hall–Kier alpha value is -1.16. The Balaban J connectivity index is 2.28. The first kappa shape index (κ1) is 8.44. The standard InChI is InChI=1S/C9H8O3S/c10-7(6-2-1-5-13-6)9(3-4-9)8(11)12/h1-2,5H,3-4H2,(H,11,12). The molecule has 0 atom stereocenters. The summed E-state index contributed by atoms with van der Waals surface area (Å²) in [6, 6.07) is 3.44. The summed E-state index contributed by atoms with van der Waals surface area (Å²) in [6.07, 6.45) is 0.970. The van der Waals surface area contributed by atoms with Gasteiger partial charge in [0, 0.05) is 0 Å². The van der Waals surface area contributed by atoms with Gasteiger partial charge in [0.15, 0.2) is 5.78 Å². The molecule has 2 rings (SSSR count). The summed E-state index contributed by atoms with van der Waals surface area (Å²) < 4.78 is 0. The van der Waals surface area contributed by atoms with Crippen molar-refractivity contribution in [3.63, 3.8) is 0 Å². The minimum absolute atomic E-state index is 0.227. The lowest BCUT2D eigenvalue weighted by molar-refractivity contribution is -0.141. The van der Waals surface area contributed by atoms with Crippen LogP contribution in [0.5, 0.6) is 0 Å². The average Bonchev–Trinajstić information content (AvgIpc) is 2.74. The normalized spacial score (nSPS) is 18.2. The quantitative estimate of drug-likeness (QED) is 0.592. The summed E-state index contributed by atoms with van der Waals surface area (Å²) in [5.41, 5.74) is -1.08. The fraction of sp³-hybridized carbons (Fsp3) is 0.333. The van der Waals surface area contributed by atoms with Crippen molar-refractivity contribution in [3.05, 3.63) is 22.4 Å². The third-order valence-corrected chi connectivity index (χ3v) is 3.21. The van der Waals surface area contributed by atoms with E-state index in [0.717, 1.165) is 0 Å². The molecule has 0 amide bonds. The molecule has 0 aliphatic heterocycles. The Kier molecular flexibility index (Phi) is 1.73. The molecule has 1 saturated carbocycles. The van der Waals surface area contributed by atoms with Crippen molar-refractivity contribution in [1.29, 1.82) is 0 Å². The van der Waals surface area contributed by atoms with E-state index in [0.29, 0.717) is 17.7 Å². The largest absolute Gasteiger partial charge is 0.480 e. The van der Waals surface area contributed by atoms with Crippen LogP contribution < -0.4 is 0 Å². The van der Waals surface area contributed by atoms with Gasteiger partial charge in [-0.2, -0.15) is 0 Å². The number of carboxylic acids is 1. The molecule has 1 aliphatic carbocycles. The minimum Gasteiger partial charge on any atom is -0.480 e. The van der Waals surface area contributed by atoms with Gasteiger partial charge in [-0.15, -0.1) is 11.3 Å². The topological polar surface area (TPSA) is 54.4 Å². The summed E-state index contributed by atoms with van der Waals surface area (Å²) in [5.74, 6) is -1.21. The van der Waals surface area contributed by atoms with Gasteiger partial charge in [0.2, 0.25) is 0 Å². The molecule has 1 N–H and O–H groups in total. The number of hydrogen-bond donors (Lipinski definition) is 1. The SMILES string of the molecule is O=C(O)C1(C(=O)c2cccs2)CC1. The lowest BCUT2D eigenvalue weighted by Gasteiger charge is -2.05. The van der Waals surface area contributed by atoms with Crippen LogP contribution in [0, 0.1) is 5.41 Å². The van der Waals surface area contributed by atoms with E-state index < -0.39 is 11.4 Å². The fourth-order valence-electron chi connectivity index (χ4n) is 1.31. The highest BCUT2D eigenvalue weighted by molar-refractivity contribution is 7.12. The van der Waals surface area contributed by atoms with Crippen molar-refractivity contribution in [2.75, 3.05) is 0 Å². The highest BCUT2D eigenvalue weighted by Crippen LogP contribution is 2.48. The molecule has 1 aliphatic rings. The monoisotopic (exact) mass is 196 g/mol. The van der Waals surface area contributed by atoms with E-state index in [1.54, 1.807) is 17.5 Å². The zero-order chi connectivity index (χ0) is 9.47.